The van der Waals surface area contributed by atoms with Crippen molar-refractivity contribution in [3.05, 3.63) is 51.7 Å². The van der Waals surface area contributed by atoms with E-state index < -0.39 is 5.97 Å². The Hall–Kier alpha value is -1.85. The van der Waals surface area contributed by atoms with Crippen LogP contribution < -0.4 is 10.1 Å². The van der Waals surface area contributed by atoms with Gasteiger partial charge in [0.05, 0.1) is 12.7 Å². The zero-order valence-electron chi connectivity index (χ0n) is 11.4. The maximum absolute atomic E-state index is 10.8. The van der Waals surface area contributed by atoms with Crippen LogP contribution in [0.3, 0.4) is 0 Å². The first-order chi connectivity index (χ1) is 9.61. The normalized spacial score (nSPS) is 12.1. The highest BCUT2D eigenvalue weighted by atomic mass is 32.1. The van der Waals surface area contributed by atoms with Crippen LogP contribution in [0.5, 0.6) is 5.75 Å². The predicted octanol–water partition coefficient (Wildman–Crippen LogP) is 3.31. The van der Waals surface area contributed by atoms with Crippen LogP contribution in [0, 0.1) is 0 Å². The highest BCUT2D eigenvalue weighted by molar-refractivity contribution is 7.10. The first kappa shape index (κ1) is 14.6. The number of thiophene rings is 1. The molecular weight excluding hydrogens is 274 g/mol. The van der Waals surface area contributed by atoms with Gasteiger partial charge in [0.15, 0.2) is 0 Å². The third kappa shape index (κ3) is 3.37. The van der Waals surface area contributed by atoms with E-state index in [0.29, 0.717) is 12.1 Å². The quantitative estimate of drug-likeness (QED) is 0.857. The topological polar surface area (TPSA) is 58.6 Å². The molecule has 0 saturated heterocycles. The van der Waals surface area contributed by atoms with Crippen LogP contribution in [0.15, 0.2) is 35.7 Å². The standard InChI is InChI=1S/C15H17NO3S/c1-10(13-5-3-4-6-14(13)19-2)16-8-12-7-11(9-20-12)15(17)18/h3-7,9-10,16H,8H2,1-2H3,(H,17,18). The van der Waals surface area contributed by atoms with E-state index >= 15 is 0 Å². The van der Waals surface area contributed by atoms with Crippen LogP contribution in [0.25, 0.3) is 0 Å². The van der Waals surface area contributed by atoms with E-state index in [2.05, 4.69) is 12.2 Å². The summed E-state index contributed by atoms with van der Waals surface area (Å²) < 4.78 is 5.34. The summed E-state index contributed by atoms with van der Waals surface area (Å²) in [5.74, 6) is -0.0322. The first-order valence-electron chi connectivity index (χ1n) is 6.29. The minimum Gasteiger partial charge on any atom is -0.496 e. The monoisotopic (exact) mass is 291 g/mol. The number of methoxy groups -OCH3 is 1. The number of ether oxygens (including phenoxy) is 1. The van der Waals surface area contributed by atoms with Crippen molar-refractivity contribution in [2.24, 2.45) is 0 Å². The number of benzene rings is 1. The Morgan fingerprint density at radius 2 is 2.20 bits per heavy atom. The maximum Gasteiger partial charge on any atom is 0.336 e. The number of nitrogens with one attached hydrogen (secondary N) is 1. The largest absolute Gasteiger partial charge is 0.496 e. The molecule has 0 aliphatic heterocycles. The molecule has 0 spiro atoms. The first-order valence-corrected chi connectivity index (χ1v) is 7.16. The molecule has 0 amide bonds. The van der Waals surface area contributed by atoms with Crippen molar-refractivity contribution in [1.29, 1.82) is 0 Å². The molecule has 20 heavy (non-hydrogen) atoms. The van der Waals surface area contributed by atoms with E-state index in [4.69, 9.17) is 9.84 Å². The molecule has 0 aliphatic carbocycles. The number of rotatable bonds is 6. The molecule has 106 valence electrons. The number of para-hydroxylation sites is 1. The summed E-state index contributed by atoms with van der Waals surface area (Å²) in [6.07, 6.45) is 0. The van der Waals surface area contributed by atoms with Gasteiger partial charge in [-0.2, -0.15) is 0 Å². The third-order valence-electron chi connectivity index (χ3n) is 3.09. The fraction of sp³-hybridized carbons (Fsp3) is 0.267. The zero-order valence-corrected chi connectivity index (χ0v) is 12.2. The van der Waals surface area contributed by atoms with Gasteiger partial charge in [-0.05, 0) is 19.1 Å². The molecule has 2 N–H and O–H groups in total. The van der Waals surface area contributed by atoms with E-state index in [1.165, 1.54) is 11.3 Å². The number of hydrogen-bond donors (Lipinski definition) is 2. The van der Waals surface area contributed by atoms with Crippen LogP contribution in [-0.4, -0.2) is 18.2 Å². The molecule has 0 saturated carbocycles. The van der Waals surface area contributed by atoms with E-state index in [1.807, 2.05) is 24.3 Å². The lowest BCUT2D eigenvalue weighted by Gasteiger charge is -2.16. The average Bonchev–Trinajstić information content (AvgIpc) is 2.94. The van der Waals surface area contributed by atoms with Crippen molar-refractivity contribution in [3.8, 4) is 5.75 Å². The minimum absolute atomic E-state index is 0.126. The van der Waals surface area contributed by atoms with Gasteiger partial charge in [0.25, 0.3) is 0 Å². The van der Waals surface area contributed by atoms with Crippen molar-refractivity contribution in [3.63, 3.8) is 0 Å². The van der Waals surface area contributed by atoms with Gasteiger partial charge in [0.2, 0.25) is 0 Å². The second-order valence-corrected chi connectivity index (χ2v) is 5.45. The molecule has 1 unspecified atom stereocenters. The summed E-state index contributed by atoms with van der Waals surface area (Å²) in [7, 11) is 1.66. The second-order valence-electron chi connectivity index (χ2n) is 4.45. The van der Waals surface area contributed by atoms with Gasteiger partial charge in [-0.3, -0.25) is 0 Å². The SMILES string of the molecule is COc1ccccc1C(C)NCc1cc(C(=O)O)cs1. The minimum atomic E-state index is -0.884. The Morgan fingerprint density at radius 3 is 2.85 bits per heavy atom. The summed E-state index contributed by atoms with van der Waals surface area (Å²) >= 11 is 1.45. The number of carboxylic acids is 1. The summed E-state index contributed by atoms with van der Waals surface area (Å²) in [6.45, 7) is 2.70. The van der Waals surface area contributed by atoms with Crippen LogP contribution in [0.4, 0.5) is 0 Å². The second kappa shape index (κ2) is 6.54. The molecule has 0 radical (unpaired) electrons. The lowest BCUT2D eigenvalue weighted by molar-refractivity contribution is 0.0697. The lowest BCUT2D eigenvalue weighted by atomic mass is 10.1. The van der Waals surface area contributed by atoms with Crippen molar-refractivity contribution < 1.29 is 14.6 Å². The van der Waals surface area contributed by atoms with Crippen LogP contribution in [-0.2, 0) is 6.54 Å². The highest BCUT2D eigenvalue weighted by Crippen LogP contribution is 2.25. The van der Waals surface area contributed by atoms with Gasteiger partial charge in [-0.1, -0.05) is 18.2 Å². The summed E-state index contributed by atoms with van der Waals surface area (Å²) in [5.41, 5.74) is 1.43. The van der Waals surface area contributed by atoms with Gasteiger partial charge in [0.1, 0.15) is 5.75 Å². The van der Waals surface area contributed by atoms with E-state index in [0.717, 1.165) is 16.2 Å². The third-order valence-corrected chi connectivity index (χ3v) is 4.03. The smallest absolute Gasteiger partial charge is 0.336 e. The average molecular weight is 291 g/mol. The number of carboxylic acid groups (broad SMARTS) is 1. The predicted molar refractivity (Wildman–Crippen MR) is 79.5 cm³/mol. The Labute approximate surface area is 122 Å². The van der Waals surface area contributed by atoms with Gasteiger partial charge in [-0.25, -0.2) is 4.79 Å². The van der Waals surface area contributed by atoms with Crippen molar-refractivity contribution in [2.45, 2.75) is 19.5 Å². The lowest BCUT2D eigenvalue weighted by Crippen LogP contribution is -2.18. The van der Waals surface area contributed by atoms with Gasteiger partial charge in [-0.15, -0.1) is 11.3 Å². The Kier molecular flexibility index (Phi) is 4.76. The molecule has 1 atom stereocenters. The highest BCUT2D eigenvalue weighted by Gasteiger charge is 2.11. The summed E-state index contributed by atoms with van der Waals surface area (Å²) in [5, 5.41) is 13.9. The fourth-order valence-electron chi connectivity index (χ4n) is 1.97. The van der Waals surface area contributed by atoms with E-state index in [1.54, 1.807) is 18.6 Å². The van der Waals surface area contributed by atoms with Gasteiger partial charge in [0, 0.05) is 28.4 Å². The van der Waals surface area contributed by atoms with Crippen molar-refractivity contribution in [1.82, 2.24) is 5.32 Å². The Morgan fingerprint density at radius 1 is 1.45 bits per heavy atom. The molecule has 1 aromatic carbocycles. The Bertz CT molecular complexity index is 594. The fourth-order valence-corrected chi connectivity index (χ4v) is 2.78. The maximum atomic E-state index is 10.8. The molecule has 4 nitrogen and oxygen atoms in total. The molecular formula is C15H17NO3S. The molecule has 2 rings (SSSR count). The number of aromatic carboxylic acids is 1. The van der Waals surface area contributed by atoms with E-state index in [-0.39, 0.29) is 6.04 Å². The molecule has 0 bridgehead atoms. The summed E-state index contributed by atoms with van der Waals surface area (Å²) in [6, 6.07) is 9.70. The van der Waals surface area contributed by atoms with Crippen LogP contribution >= 0.6 is 11.3 Å². The van der Waals surface area contributed by atoms with Crippen LogP contribution in [0.1, 0.15) is 33.8 Å². The number of carbonyl (C=O) groups is 1. The molecule has 5 heteroatoms. The molecule has 2 aromatic rings. The molecule has 1 aromatic heterocycles. The van der Waals surface area contributed by atoms with Crippen molar-refractivity contribution >= 4 is 17.3 Å². The zero-order chi connectivity index (χ0) is 14.5. The molecule has 1 heterocycles. The molecule has 0 aliphatic rings. The van der Waals surface area contributed by atoms with Crippen molar-refractivity contribution in [2.75, 3.05) is 7.11 Å². The van der Waals surface area contributed by atoms with Crippen LogP contribution in [0.2, 0.25) is 0 Å². The van der Waals surface area contributed by atoms with Gasteiger partial charge >= 0.3 is 5.97 Å². The summed E-state index contributed by atoms with van der Waals surface area (Å²) in [4.78, 5) is 11.8. The number of hydrogen-bond acceptors (Lipinski definition) is 4. The van der Waals surface area contributed by atoms with E-state index in [9.17, 15) is 4.79 Å². The Balaban J connectivity index is 2.00. The molecule has 0 fully saturated rings. The van der Waals surface area contributed by atoms with Gasteiger partial charge < -0.3 is 15.2 Å².